The van der Waals surface area contributed by atoms with E-state index < -0.39 is 0 Å². The summed E-state index contributed by atoms with van der Waals surface area (Å²) >= 11 is 1.63. The molecule has 126 valence electrons. The fraction of sp³-hybridized carbons (Fsp3) is 0.167. The smallest absolute Gasteiger partial charge is 0.274 e. The fourth-order valence-electron chi connectivity index (χ4n) is 2.84. The fourth-order valence-corrected chi connectivity index (χ4v) is 3.61. The lowest BCUT2D eigenvalue weighted by Gasteiger charge is -2.15. The van der Waals surface area contributed by atoms with Crippen LogP contribution in [0.3, 0.4) is 0 Å². The van der Waals surface area contributed by atoms with Crippen molar-refractivity contribution in [1.82, 2.24) is 24.1 Å². The first-order valence-corrected chi connectivity index (χ1v) is 8.76. The van der Waals surface area contributed by atoms with Crippen LogP contribution in [0, 0.1) is 0 Å². The minimum absolute atomic E-state index is 0.107. The molecular weight excluding hydrogens is 334 g/mol. The number of carbonyl (C=O) groups is 1. The van der Waals surface area contributed by atoms with Gasteiger partial charge in [-0.05, 0) is 29.6 Å². The molecule has 25 heavy (non-hydrogen) atoms. The van der Waals surface area contributed by atoms with E-state index in [0.717, 1.165) is 21.9 Å². The molecule has 4 rings (SSSR count). The summed E-state index contributed by atoms with van der Waals surface area (Å²) < 4.78 is 3.74. The zero-order valence-electron chi connectivity index (χ0n) is 14.0. The highest BCUT2D eigenvalue weighted by molar-refractivity contribution is 7.13. The second kappa shape index (κ2) is 6.18. The molecule has 0 unspecified atom stereocenters. The van der Waals surface area contributed by atoms with Gasteiger partial charge in [-0.1, -0.05) is 12.1 Å². The van der Waals surface area contributed by atoms with Crippen LogP contribution in [0.2, 0.25) is 0 Å². The number of fused-ring (bicyclic) bond motifs is 1. The van der Waals surface area contributed by atoms with Gasteiger partial charge in [-0.3, -0.25) is 9.48 Å². The van der Waals surface area contributed by atoms with Crippen molar-refractivity contribution < 1.29 is 4.79 Å². The molecule has 0 atom stereocenters. The Kier molecular flexibility index (Phi) is 3.85. The van der Waals surface area contributed by atoms with Crippen LogP contribution in [0.5, 0.6) is 0 Å². The van der Waals surface area contributed by atoms with E-state index >= 15 is 0 Å². The number of thiophene rings is 1. The summed E-state index contributed by atoms with van der Waals surface area (Å²) in [6, 6.07) is 11.7. The number of aromatic nitrogens is 4. The number of rotatable bonds is 4. The lowest BCUT2D eigenvalue weighted by Crippen LogP contribution is -2.27. The van der Waals surface area contributed by atoms with Crippen LogP contribution in [0.15, 0.2) is 54.2 Å². The summed E-state index contributed by atoms with van der Waals surface area (Å²) in [5.41, 5.74) is 3.22. The van der Waals surface area contributed by atoms with E-state index in [-0.39, 0.29) is 5.91 Å². The molecular formula is C18H17N5OS. The molecule has 0 aliphatic heterocycles. The van der Waals surface area contributed by atoms with Gasteiger partial charge in [-0.15, -0.1) is 11.3 Å². The van der Waals surface area contributed by atoms with Crippen molar-refractivity contribution in [2.45, 2.75) is 6.54 Å². The van der Waals surface area contributed by atoms with Crippen molar-refractivity contribution >= 4 is 22.9 Å². The number of imidazole rings is 1. The first-order valence-electron chi connectivity index (χ1n) is 7.88. The van der Waals surface area contributed by atoms with E-state index in [9.17, 15) is 4.79 Å². The minimum atomic E-state index is -0.107. The maximum atomic E-state index is 12.8. The van der Waals surface area contributed by atoms with Crippen LogP contribution in [0.25, 0.3) is 16.2 Å². The molecule has 0 spiro atoms. The summed E-state index contributed by atoms with van der Waals surface area (Å²) in [6.45, 7) is 0.467. The average Bonchev–Trinajstić information content (AvgIpc) is 3.34. The maximum absolute atomic E-state index is 12.8. The van der Waals surface area contributed by atoms with E-state index in [1.165, 1.54) is 0 Å². The number of pyridine rings is 1. The predicted octanol–water partition coefficient (Wildman–Crippen LogP) is 3.07. The maximum Gasteiger partial charge on any atom is 0.274 e. The molecule has 0 radical (unpaired) electrons. The molecule has 7 heteroatoms. The van der Waals surface area contributed by atoms with Gasteiger partial charge in [0.05, 0.1) is 29.0 Å². The van der Waals surface area contributed by atoms with Gasteiger partial charge in [-0.25, -0.2) is 4.98 Å². The molecule has 0 N–H and O–H groups in total. The highest BCUT2D eigenvalue weighted by atomic mass is 32.1. The number of hydrogen-bond donors (Lipinski definition) is 0. The Balaban J connectivity index is 1.57. The molecule has 0 bridgehead atoms. The molecule has 0 aliphatic rings. The van der Waals surface area contributed by atoms with Gasteiger partial charge in [-0.2, -0.15) is 5.10 Å². The quantitative estimate of drug-likeness (QED) is 0.568. The zero-order chi connectivity index (χ0) is 17.4. The third-order valence-electron chi connectivity index (χ3n) is 4.11. The zero-order valence-corrected chi connectivity index (χ0v) is 14.8. The predicted molar refractivity (Wildman–Crippen MR) is 97.5 cm³/mol. The molecule has 0 saturated carbocycles. The van der Waals surface area contributed by atoms with Crippen LogP contribution < -0.4 is 0 Å². The van der Waals surface area contributed by atoms with Crippen molar-refractivity contribution in [3.63, 3.8) is 0 Å². The van der Waals surface area contributed by atoms with Gasteiger partial charge in [0.2, 0.25) is 0 Å². The number of aryl methyl sites for hydroxylation is 1. The second-order valence-electron chi connectivity index (χ2n) is 5.86. The summed E-state index contributed by atoms with van der Waals surface area (Å²) in [5, 5.41) is 6.40. The van der Waals surface area contributed by atoms with E-state index in [4.69, 9.17) is 0 Å². The van der Waals surface area contributed by atoms with Crippen molar-refractivity contribution in [3.8, 4) is 10.6 Å². The number of carbonyl (C=O) groups excluding carboxylic acids is 1. The summed E-state index contributed by atoms with van der Waals surface area (Å²) in [5.74, 6) is -0.107. The van der Waals surface area contributed by atoms with E-state index in [0.29, 0.717) is 12.2 Å². The van der Waals surface area contributed by atoms with Crippen LogP contribution in [-0.4, -0.2) is 37.0 Å². The number of nitrogens with zero attached hydrogens (tertiary/aromatic N) is 5. The highest BCUT2D eigenvalue weighted by Crippen LogP contribution is 2.25. The van der Waals surface area contributed by atoms with E-state index in [1.807, 2.05) is 59.4 Å². The minimum Gasteiger partial charge on any atom is -0.334 e. The molecule has 0 saturated heterocycles. The van der Waals surface area contributed by atoms with Gasteiger partial charge in [0.1, 0.15) is 5.65 Å². The molecule has 0 aromatic carbocycles. The van der Waals surface area contributed by atoms with Gasteiger partial charge in [0, 0.05) is 20.3 Å². The normalized spacial score (nSPS) is 11.1. The van der Waals surface area contributed by atoms with Gasteiger partial charge in [0.25, 0.3) is 5.91 Å². The summed E-state index contributed by atoms with van der Waals surface area (Å²) in [6.07, 6.45) is 3.75. The Bertz CT molecular complexity index is 1030. The number of amides is 1. The molecule has 6 nitrogen and oxygen atoms in total. The molecule has 0 aliphatic carbocycles. The topological polar surface area (TPSA) is 55.4 Å². The standard InChI is InChI=1S/C18H17N5OS/c1-21(12-13-11-19-17-7-3-4-8-23(13)17)18(24)14-10-15(22(2)20-14)16-6-5-9-25-16/h3-11H,12H2,1-2H3. The summed E-state index contributed by atoms with van der Waals surface area (Å²) in [4.78, 5) is 19.9. The van der Waals surface area contributed by atoms with E-state index in [1.54, 1.807) is 34.2 Å². The van der Waals surface area contributed by atoms with Crippen LogP contribution in [0.1, 0.15) is 16.2 Å². The first kappa shape index (κ1) is 15.6. The first-order chi connectivity index (χ1) is 12.1. The summed E-state index contributed by atoms with van der Waals surface area (Å²) in [7, 11) is 3.64. The van der Waals surface area contributed by atoms with Gasteiger partial charge < -0.3 is 9.30 Å². The highest BCUT2D eigenvalue weighted by Gasteiger charge is 2.19. The monoisotopic (exact) mass is 351 g/mol. The Labute approximate surface area is 149 Å². The van der Waals surface area contributed by atoms with Gasteiger partial charge in [0.15, 0.2) is 5.69 Å². The van der Waals surface area contributed by atoms with Crippen LogP contribution in [0.4, 0.5) is 0 Å². The average molecular weight is 351 g/mol. The lowest BCUT2D eigenvalue weighted by atomic mass is 10.3. The van der Waals surface area contributed by atoms with Crippen LogP contribution >= 0.6 is 11.3 Å². The lowest BCUT2D eigenvalue weighted by molar-refractivity contribution is 0.0776. The van der Waals surface area contributed by atoms with Crippen molar-refractivity contribution in [1.29, 1.82) is 0 Å². The van der Waals surface area contributed by atoms with Crippen molar-refractivity contribution in [2.24, 2.45) is 7.05 Å². The molecule has 1 amide bonds. The molecule has 4 aromatic rings. The second-order valence-corrected chi connectivity index (χ2v) is 6.80. The molecule has 0 fully saturated rings. The Morgan fingerprint density at radius 1 is 1.28 bits per heavy atom. The van der Waals surface area contributed by atoms with Gasteiger partial charge >= 0.3 is 0 Å². The SMILES string of the molecule is CN(Cc1cnc2ccccn12)C(=O)c1cc(-c2cccs2)n(C)n1. The third-order valence-corrected chi connectivity index (χ3v) is 5.00. The number of hydrogen-bond acceptors (Lipinski definition) is 4. The Morgan fingerprint density at radius 3 is 2.96 bits per heavy atom. The Hall–Kier alpha value is -2.93. The molecule has 4 heterocycles. The van der Waals surface area contributed by atoms with Crippen LogP contribution in [-0.2, 0) is 13.6 Å². The largest absolute Gasteiger partial charge is 0.334 e. The van der Waals surface area contributed by atoms with Crippen molar-refractivity contribution in [3.05, 3.63) is 65.6 Å². The van der Waals surface area contributed by atoms with E-state index in [2.05, 4.69) is 10.1 Å². The Morgan fingerprint density at radius 2 is 2.16 bits per heavy atom. The van der Waals surface area contributed by atoms with Crippen molar-refractivity contribution in [2.75, 3.05) is 7.05 Å². The third kappa shape index (κ3) is 2.83. The molecule has 4 aromatic heterocycles.